The Balaban J connectivity index is 1.62. The Bertz CT molecular complexity index is 470. The average Bonchev–Trinajstić information content (AvgIpc) is 2.47. The van der Waals surface area contributed by atoms with Crippen molar-refractivity contribution >= 4 is 6.09 Å². The highest BCUT2D eigenvalue weighted by Gasteiger charge is 2.28. The topological polar surface area (TPSA) is 56.7 Å². The highest BCUT2D eigenvalue weighted by molar-refractivity contribution is 5.65. The number of pyridine rings is 1. The van der Waals surface area contributed by atoms with Crippen LogP contribution in [0.5, 0.6) is 0 Å². The van der Waals surface area contributed by atoms with Crippen LogP contribution in [0.25, 0.3) is 0 Å². The molecule has 0 radical (unpaired) electrons. The van der Waals surface area contributed by atoms with Crippen LogP contribution in [-0.2, 0) is 13.0 Å². The van der Waals surface area contributed by atoms with Crippen molar-refractivity contribution in [3.05, 3.63) is 29.6 Å². The van der Waals surface area contributed by atoms with Crippen LogP contribution in [0.4, 0.5) is 4.79 Å². The van der Waals surface area contributed by atoms with Crippen LogP contribution in [0, 0.1) is 0 Å². The van der Waals surface area contributed by atoms with Gasteiger partial charge in [-0.15, -0.1) is 0 Å². The standard InChI is InChI=1S/C14H19N3O2/c18-14(19)16-7-3-13(4-8-16)17-6-2-11-9-15-5-1-12(11)10-17/h1,5,9,13H,2-4,6-8,10H2,(H,18,19). The van der Waals surface area contributed by atoms with E-state index in [2.05, 4.69) is 16.0 Å². The Morgan fingerprint density at radius 3 is 2.79 bits per heavy atom. The number of nitrogens with zero attached hydrogens (tertiary/aromatic N) is 3. The Hall–Kier alpha value is -1.62. The molecule has 1 N–H and O–H groups in total. The van der Waals surface area contributed by atoms with Gasteiger partial charge in [-0.3, -0.25) is 9.88 Å². The highest BCUT2D eigenvalue weighted by atomic mass is 16.4. The van der Waals surface area contributed by atoms with Crippen molar-refractivity contribution in [1.82, 2.24) is 14.8 Å². The Labute approximate surface area is 112 Å². The molecular formula is C14H19N3O2. The second kappa shape index (κ2) is 5.17. The van der Waals surface area contributed by atoms with Gasteiger partial charge in [-0.1, -0.05) is 0 Å². The van der Waals surface area contributed by atoms with E-state index in [0.29, 0.717) is 19.1 Å². The molecule has 5 nitrogen and oxygen atoms in total. The van der Waals surface area contributed by atoms with E-state index >= 15 is 0 Å². The number of carboxylic acid groups (broad SMARTS) is 1. The first-order valence-corrected chi connectivity index (χ1v) is 6.88. The normalized spacial score (nSPS) is 21.2. The van der Waals surface area contributed by atoms with Crippen LogP contribution in [0.15, 0.2) is 18.5 Å². The maximum absolute atomic E-state index is 10.9. The molecule has 2 aliphatic rings. The number of aromatic nitrogens is 1. The van der Waals surface area contributed by atoms with Gasteiger partial charge in [0.05, 0.1) is 0 Å². The molecule has 1 amide bonds. The van der Waals surface area contributed by atoms with Gasteiger partial charge < -0.3 is 10.0 Å². The van der Waals surface area contributed by atoms with Gasteiger partial charge in [0.2, 0.25) is 0 Å². The van der Waals surface area contributed by atoms with Gasteiger partial charge in [0.15, 0.2) is 0 Å². The summed E-state index contributed by atoms with van der Waals surface area (Å²) in [6, 6.07) is 2.63. The second-order valence-corrected chi connectivity index (χ2v) is 5.37. The summed E-state index contributed by atoms with van der Waals surface area (Å²) in [5.74, 6) is 0. The number of rotatable bonds is 1. The minimum Gasteiger partial charge on any atom is -0.465 e. The smallest absolute Gasteiger partial charge is 0.407 e. The summed E-state index contributed by atoms with van der Waals surface area (Å²) in [6.45, 7) is 3.38. The molecule has 3 rings (SSSR count). The minimum atomic E-state index is -0.784. The maximum Gasteiger partial charge on any atom is 0.407 e. The third kappa shape index (κ3) is 2.56. The summed E-state index contributed by atoms with van der Waals surface area (Å²) < 4.78 is 0. The minimum absolute atomic E-state index is 0.525. The van der Waals surface area contributed by atoms with E-state index in [-0.39, 0.29) is 0 Å². The highest BCUT2D eigenvalue weighted by Crippen LogP contribution is 2.24. The number of amides is 1. The lowest BCUT2D eigenvalue weighted by atomic mass is 9.97. The lowest BCUT2D eigenvalue weighted by Crippen LogP contribution is -2.47. The van der Waals surface area contributed by atoms with Crippen molar-refractivity contribution in [2.75, 3.05) is 19.6 Å². The molecule has 0 aromatic carbocycles. The van der Waals surface area contributed by atoms with Crippen LogP contribution in [0.2, 0.25) is 0 Å². The number of hydrogen-bond acceptors (Lipinski definition) is 3. The van der Waals surface area contributed by atoms with Crippen molar-refractivity contribution < 1.29 is 9.90 Å². The van der Waals surface area contributed by atoms with Crippen molar-refractivity contribution in [3.63, 3.8) is 0 Å². The van der Waals surface area contributed by atoms with Crippen molar-refractivity contribution in [2.45, 2.75) is 31.8 Å². The number of fused-ring (bicyclic) bond motifs is 1. The Kier molecular flexibility index (Phi) is 3.38. The van der Waals surface area contributed by atoms with E-state index in [1.54, 1.807) is 0 Å². The summed E-state index contributed by atoms with van der Waals surface area (Å²) in [4.78, 5) is 19.1. The molecule has 102 valence electrons. The number of hydrogen-bond donors (Lipinski definition) is 1. The van der Waals surface area contributed by atoms with E-state index in [0.717, 1.165) is 32.4 Å². The number of likely N-dealkylation sites (tertiary alicyclic amines) is 1. The summed E-state index contributed by atoms with van der Waals surface area (Å²) in [6.07, 6.45) is 6.00. The zero-order valence-corrected chi connectivity index (χ0v) is 11.0. The first-order chi connectivity index (χ1) is 9.24. The Morgan fingerprint density at radius 2 is 2.05 bits per heavy atom. The predicted octanol–water partition coefficient (Wildman–Crippen LogP) is 1.58. The zero-order chi connectivity index (χ0) is 13.2. The molecule has 0 aliphatic carbocycles. The molecule has 0 spiro atoms. The van der Waals surface area contributed by atoms with Gasteiger partial charge >= 0.3 is 6.09 Å². The fourth-order valence-electron chi connectivity index (χ4n) is 3.13. The lowest BCUT2D eigenvalue weighted by molar-refractivity contribution is 0.0884. The Morgan fingerprint density at radius 1 is 1.26 bits per heavy atom. The summed E-state index contributed by atoms with van der Waals surface area (Å²) in [7, 11) is 0. The van der Waals surface area contributed by atoms with Crippen molar-refractivity contribution in [1.29, 1.82) is 0 Å². The molecule has 1 fully saturated rings. The van der Waals surface area contributed by atoms with Gasteiger partial charge in [0, 0.05) is 44.6 Å². The molecule has 0 bridgehead atoms. The molecule has 1 aromatic heterocycles. The molecule has 5 heteroatoms. The van der Waals surface area contributed by atoms with Crippen LogP contribution in [-0.4, -0.2) is 51.7 Å². The van der Waals surface area contributed by atoms with E-state index in [1.807, 2.05) is 12.4 Å². The molecule has 1 saturated heterocycles. The largest absolute Gasteiger partial charge is 0.465 e. The molecule has 0 atom stereocenters. The van der Waals surface area contributed by atoms with Gasteiger partial charge in [-0.2, -0.15) is 0 Å². The van der Waals surface area contributed by atoms with Crippen LogP contribution >= 0.6 is 0 Å². The first-order valence-electron chi connectivity index (χ1n) is 6.88. The maximum atomic E-state index is 10.9. The van der Waals surface area contributed by atoms with Crippen molar-refractivity contribution in [2.24, 2.45) is 0 Å². The van der Waals surface area contributed by atoms with Crippen molar-refractivity contribution in [3.8, 4) is 0 Å². The molecule has 0 unspecified atom stereocenters. The first kappa shape index (κ1) is 12.4. The third-order valence-electron chi connectivity index (χ3n) is 4.30. The number of piperidine rings is 1. The number of carbonyl (C=O) groups is 1. The van der Waals surface area contributed by atoms with Crippen LogP contribution in [0.1, 0.15) is 24.0 Å². The molecule has 3 heterocycles. The van der Waals surface area contributed by atoms with Crippen LogP contribution in [0.3, 0.4) is 0 Å². The van der Waals surface area contributed by atoms with Gasteiger partial charge in [-0.05, 0) is 36.5 Å². The van der Waals surface area contributed by atoms with E-state index in [4.69, 9.17) is 5.11 Å². The quantitative estimate of drug-likeness (QED) is 0.834. The summed E-state index contributed by atoms with van der Waals surface area (Å²) in [5.41, 5.74) is 2.74. The lowest BCUT2D eigenvalue weighted by Gasteiger charge is -2.39. The average molecular weight is 261 g/mol. The summed E-state index contributed by atoms with van der Waals surface area (Å²) >= 11 is 0. The van der Waals surface area contributed by atoms with E-state index in [1.165, 1.54) is 16.0 Å². The third-order valence-corrected chi connectivity index (χ3v) is 4.30. The molecular weight excluding hydrogens is 242 g/mol. The van der Waals surface area contributed by atoms with Gasteiger partial charge in [0.25, 0.3) is 0 Å². The fraction of sp³-hybridized carbons (Fsp3) is 0.571. The predicted molar refractivity (Wildman–Crippen MR) is 71.0 cm³/mol. The van der Waals surface area contributed by atoms with Crippen LogP contribution < -0.4 is 0 Å². The molecule has 0 saturated carbocycles. The zero-order valence-electron chi connectivity index (χ0n) is 11.0. The molecule has 19 heavy (non-hydrogen) atoms. The summed E-state index contributed by atoms with van der Waals surface area (Å²) in [5, 5.41) is 8.97. The SMILES string of the molecule is O=C(O)N1CCC(N2CCc3cnccc3C2)CC1. The molecule has 1 aromatic rings. The van der Waals surface area contributed by atoms with E-state index in [9.17, 15) is 4.79 Å². The fourth-order valence-corrected chi connectivity index (χ4v) is 3.13. The van der Waals surface area contributed by atoms with Gasteiger partial charge in [-0.25, -0.2) is 4.79 Å². The van der Waals surface area contributed by atoms with E-state index < -0.39 is 6.09 Å². The molecule has 2 aliphatic heterocycles. The second-order valence-electron chi connectivity index (χ2n) is 5.37. The van der Waals surface area contributed by atoms with Gasteiger partial charge in [0.1, 0.15) is 0 Å². The monoisotopic (exact) mass is 261 g/mol.